The van der Waals surface area contributed by atoms with E-state index in [0.29, 0.717) is 12.5 Å². The van der Waals surface area contributed by atoms with Crippen molar-refractivity contribution in [2.75, 3.05) is 33.2 Å². The first kappa shape index (κ1) is 24.4. The lowest BCUT2D eigenvalue weighted by Crippen LogP contribution is -2.43. The Kier molecular flexibility index (Phi) is 9.58. The van der Waals surface area contributed by atoms with Crippen molar-refractivity contribution in [1.82, 2.24) is 15.5 Å². The number of fused-ring (bicyclic) bond motifs is 1. The molecule has 4 rings (SSSR count). The third-order valence-electron chi connectivity index (χ3n) is 5.68. The summed E-state index contributed by atoms with van der Waals surface area (Å²) in [7, 11) is 1.78. The average molecular weight is 571 g/mol. The number of rotatable bonds is 7. The summed E-state index contributed by atoms with van der Waals surface area (Å²) in [4.78, 5) is 9.31. The zero-order valence-electron chi connectivity index (χ0n) is 17.8. The molecular weight excluding hydrogens is 539 g/mol. The molecule has 1 aliphatic rings. The molecule has 3 heterocycles. The molecule has 1 saturated heterocycles. The van der Waals surface area contributed by atoms with Gasteiger partial charge in [-0.15, -0.1) is 46.7 Å². The van der Waals surface area contributed by atoms with Gasteiger partial charge in [-0.2, -0.15) is 0 Å². The number of piperidine rings is 1. The standard InChI is InChI=1S/C23H30N4OS2.HI/c1-24-23(26-15-20(28)22-13-18-5-2-3-7-21(18)30-22)25-14-17-8-10-27(11-9-17)16-19-6-4-12-29-19;/h2-7,12-13,17,20,28H,8-11,14-16H2,1H3,(H2,24,25,26);1H. The highest BCUT2D eigenvalue weighted by atomic mass is 127. The van der Waals surface area contributed by atoms with Gasteiger partial charge in [-0.1, -0.05) is 24.3 Å². The van der Waals surface area contributed by atoms with Crippen LogP contribution in [0, 0.1) is 5.92 Å². The van der Waals surface area contributed by atoms with Crippen molar-refractivity contribution in [3.63, 3.8) is 0 Å². The Morgan fingerprint density at radius 1 is 1.19 bits per heavy atom. The summed E-state index contributed by atoms with van der Waals surface area (Å²) in [5.74, 6) is 1.42. The molecule has 5 nitrogen and oxygen atoms in total. The number of aliphatic hydroxyl groups is 1. The largest absolute Gasteiger partial charge is 0.386 e. The van der Waals surface area contributed by atoms with Crippen molar-refractivity contribution in [2.24, 2.45) is 10.9 Å². The van der Waals surface area contributed by atoms with E-state index in [1.807, 2.05) is 23.5 Å². The Morgan fingerprint density at radius 3 is 2.71 bits per heavy atom. The highest BCUT2D eigenvalue weighted by Gasteiger charge is 2.20. The Balaban J connectivity index is 0.00000272. The predicted octanol–water partition coefficient (Wildman–Crippen LogP) is 4.69. The molecule has 0 radical (unpaired) electrons. The molecule has 1 atom stereocenters. The van der Waals surface area contributed by atoms with Crippen LogP contribution in [0.3, 0.4) is 0 Å². The Hall–Kier alpha value is -1.20. The zero-order valence-corrected chi connectivity index (χ0v) is 21.8. The highest BCUT2D eigenvalue weighted by molar-refractivity contribution is 14.0. The molecule has 0 saturated carbocycles. The van der Waals surface area contributed by atoms with Crippen LogP contribution in [0.5, 0.6) is 0 Å². The number of halogens is 1. The topological polar surface area (TPSA) is 59.9 Å². The number of guanidine groups is 1. The summed E-state index contributed by atoms with van der Waals surface area (Å²) in [5.41, 5.74) is 0. The lowest BCUT2D eigenvalue weighted by atomic mass is 9.97. The minimum atomic E-state index is -0.540. The van der Waals surface area contributed by atoms with Crippen LogP contribution in [-0.4, -0.2) is 49.2 Å². The second kappa shape index (κ2) is 12.2. The van der Waals surface area contributed by atoms with Crippen molar-refractivity contribution in [3.05, 3.63) is 57.6 Å². The van der Waals surface area contributed by atoms with Crippen LogP contribution in [0.15, 0.2) is 52.8 Å². The maximum absolute atomic E-state index is 10.6. The van der Waals surface area contributed by atoms with Gasteiger partial charge in [0.05, 0.1) is 0 Å². The van der Waals surface area contributed by atoms with Gasteiger partial charge in [0, 0.05) is 41.1 Å². The number of nitrogens with zero attached hydrogens (tertiary/aromatic N) is 2. The summed E-state index contributed by atoms with van der Waals surface area (Å²) in [6.07, 6.45) is 1.88. The number of benzene rings is 1. The molecule has 8 heteroatoms. The molecule has 1 aromatic carbocycles. The lowest BCUT2D eigenvalue weighted by molar-refractivity contribution is 0.178. The molecule has 1 unspecified atom stereocenters. The van der Waals surface area contributed by atoms with Gasteiger partial charge in [0.1, 0.15) is 6.10 Å². The van der Waals surface area contributed by atoms with Crippen molar-refractivity contribution in [2.45, 2.75) is 25.5 Å². The van der Waals surface area contributed by atoms with E-state index >= 15 is 0 Å². The third kappa shape index (κ3) is 6.89. The number of aliphatic imine (C=N–C) groups is 1. The van der Waals surface area contributed by atoms with Gasteiger partial charge in [-0.25, -0.2) is 0 Å². The molecule has 0 bridgehead atoms. The van der Waals surface area contributed by atoms with E-state index in [0.717, 1.165) is 37.0 Å². The summed E-state index contributed by atoms with van der Waals surface area (Å²) in [6, 6.07) is 14.7. The van der Waals surface area contributed by atoms with E-state index in [4.69, 9.17) is 0 Å². The number of thiophene rings is 2. The zero-order chi connectivity index (χ0) is 20.8. The van der Waals surface area contributed by atoms with Crippen molar-refractivity contribution in [1.29, 1.82) is 0 Å². The van der Waals surface area contributed by atoms with Crippen LogP contribution in [0.25, 0.3) is 10.1 Å². The van der Waals surface area contributed by atoms with E-state index in [-0.39, 0.29) is 24.0 Å². The summed E-state index contributed by atoms with van der Waals surface area (Å²) < 4.78 is 1.21. The van der Waals surface area contributed by atoms with Crippen molar-refractivity contribution >= 4 is 62.7 Å². The molecule has 2 aromatic heterocycles. The fraction of sp³-hybridized carbons (Fsp3) is 0.435. The maximum Gasteiger partial charge on any atom is 0.191 e. The first-order valence-electron chi connectivity index (χ1n) is 10.6. The lowest BCUT2D eigenvalue weighted by Gasteiger charge is -2.32. The van der Waals surface area contributed by atoms with Crippen molar-refractivity contribution in [3.8, 4) is 0 Å². The maximum atomic E-state index is 10.6. The molecule has 1 aliphatic heterocycles. The highest BCUT2D eigenvalue weighted by Crippen LogP contribution is 2.29. The van der Waals surface area contributed by atoms with Crippen LogP contribution >= 0.6 is 46.7 Å². The second-order valence-corrected chi connectivity index (χ2v) is 9.98. The minimum Gasteiger partial charge on any atom is -0.386 e. The molecule has 0 aliphatic carbocycles. The molecule has 31 heavy (non-hydrogen) atoms. The SMILES string of the molecule is CN=C(NCC1CCN(Cc2cccs2)CC1)NCC(O)c1cc2ccccc2s1.I. The Labute approximate surface area is 209 Å². The van der Waals surface area contributed by atoms with Gasteiger partial charge in [0.25, 0.3) is 0 Å². The van der Waals surface area contributed by atoms with E-state index in [1.165, 1.54) is 27.8 Å². The Morgan fingerprint density at radius 2 is 2.00 bits per heavy atom. The predicted molar refractivity (Wildman–Crippen MR) is 144 cm³/mol. The van der Waals surface area contributed by atoms with Gasteiger partial charge in [-0.05, 0) is 60.8 Å². The van der Waals surface area contributed by atoms with Gasteiger partial charge in [-0.3, -0.25) is 9.89 Å². The first-order valence-corrected chi connectivity index (χ1v) is 12.3. The number of aliphatic hydroxyl groups excluding tert-OH is 1. The summed E-state index contributed by atoms with van der Waals surface area (Å²) in [6.45, 7) is 4.76. The average Bonchev–Trinajstić information content (AvgIpc) is 3.44. The second-order valence-electron chi connectivity index (χ2n) is 7.84. The Bertz CT molecular complexity index is 919. The summed E-state index contributed by atoms with van der Waals surface area (Å²) >= 11 is 3.49. The van der Waals surface area contributed by atoms with E-state index in [2.05, 4.69) is 56.2 Å². The fourth-order valence-electron chi connectivity index (χ4n) is 3.89. The van der Waals surface area contributed by atoms with E-state index < -0.39 is 6.10 Å². The molecule has 0 spiro atoms. The third-order valence-corrected chi connectivity index (χ3v) is 7.76. The van der Waals surface area contributed by atoms with Gasteiger partial charge in [0.2, 0.25) is 0 Å². The van der Waals surface area contributed by atoms with Gasteiger partial charge >= 0.3 is 0 Å². The molecule has 3 aromatic rings. The smallest absolute Gasteiger partial charge is 0.191 e. The van der Waals surface area contributed by atoms with Gasteiger partial charge < -0.3 is 15.7 Å². The summed E-state index contributed by atoms with van der Waals surface area (Å²) in [5, 5.41) is 20.6. The molecule has 3 N–H and O–H groups in total. The van der Waals surface area contributed by atoms with Crippen LogP contribution < -0.4 is 10.6 Å². The first-order chi connectivity index (χ1) is 14.7. The number of hydrogen-bond donors (Lipinski definition) is 3. The number of likely N-dealkylation sites (tertiary alicyclic amines) is 1. The van der Waals surface area contributed by atoms with Crippen LogP contribution in [0.1, 0.15) is 28.7 Å². The van der Waals surface area contributed by atoms with Crippen LogP contribution in [-0.2, 0) is 6.54 Å². The number of nitrogens with one attached hydrogen (secondary N) is 2. The van der Waals surface area contributed by atoms with Gasteiger partial charge in [0.15, 0.2) is 5.96 Å². The molecule has 1 fully saturated rings. The monoisotopic (exact) mass is 570 g/mol. The van der Waals surface area contributed by atoms with Crippen LogP contribution in [0.2, 0.25) is 0 Å². The number of hydrogen-bond acceptors (Lipinski definition) is 5. The molecular formula is C23H31IN4OS2. The van der Waals surface area contributed by atoms with E-state index in [9.17, 15) is 5.11 Å². The normalized spacial score (nSPS) is 16.8. The van der Waals surface area contributed by atoms with Crippen LogP contribution in [0.4, 0.5) is 0 Å². The fourth-order valence-corrected chi connectivity index (χ4v) is 5.69. The minimum absolute atomic E-state index is 0. The quantitative estimate of drug-likeness (QED) is 0.219. The van der Waals surface area contributed by atoms with E-state index in [1.54, 1.807) is 18.4 Å². The molecule has 168 valence electrons. The van der Waals surface area contributed by atoms with Crippen molar-refractivity contribution < 1.29 is 5.11 Å². The molecule has 0 amide bonds.